The van der Waals surface area contributed by atoms with Gasteiger partial charge in [-0.05, 0) is 44.6 Å². The highest BCUT2D eigenvalue weighted by atomic mass is 15.0. The molecule has 1 heteroatoms. The molecule has 1 aliphatic carbocycles. The molecular formula is C19H31N. The van der Waals surface area contributed by atoms with Gasteiger partial charge < -0.3 is 5.32 Å². The normalized spacial score (nSPS) is 20.4. The van der Waals surface area contributed by atoms with E-state index in [1.54, 1.807) is 0 Å². The minimum Gasteiger partial charge on any atom is -0.311 e. The second-order valence-corrected chi connectivity index (χ2v) is 7.81. The summed E-state index contributed by atoms with van der Waals surface area (Å²) in [4.78, 5) is 0. The molecule has 1 saturated carbocycles. The molecule has 1 aromatic rings. The van der Waals surface area contributed by atoms with Crippen LogP contribution in [-0.4, -0.2) is 12.1 Å². The molecule has 0 spiro atoms. The molecule has 0 saturated heterocycles. The van der Waals surface area contributed by atoms with Crippen LogP contribution in [0.4, 0.5) is 0 Å². The van der Waals surface area contributed by atoms with E-state index in [0.717, 1.165) is 6.54 Å². The van der Waals surface area contributed by atoms with Crippen molar-refractivity contribution in [2.75, 3.05) is 6.54 Å². The van der Waals surface area contributed by atoms with E-state index in [9.17, 15) is 0 Å². The molecule has 2 rings (SSSR count). The lowest BCUT2D eigenvalue weighted by molar-refractivity contribution is 0.00943. The highest BCUT2D eigenvalue weighted by Crippen LogP contribution is 2.59. The van der Waals surface area contributed by atoms with Crippen molar-refractivity contribution in [1.82, 2.24) is 5.32 Å². The van der Waals surface area contributed by atoms with Crippen molar-refractivity contribution in [1.29, 1.82) is 0 Å². The van der Waals surface area contributed by atoms with Gasteiger partial charge in [-0.15, -0.1) is 0 Å². The zero-order valence-electron chi connectivity index (χ0n) is 13.9. The van der Waals surface area contributed by atoms with Crippen molar-refractivity contribution >= 4 is 0 Å². The van der Waals surface area contributed by atoms with Crippen molar-refractivity contribution in [3.8, 4) is 0 Å². The average Bonchev–Trinajstić information content (AvgIpc) is 2.38. The van der Waals surface area contributed by atoms with E-state index in [-0.39, 0.29) is 5.54 Å². The molecule has 0 radical (unpaired) electrons. The van der Waals surface area contributed by atoms with Gasteiger partial charge in [-0.3, -0.25) is 0 Å². The largest absolute Gasteiger partial charge is 0.311 e. The van der Waals surface area contributed by atoms with Crippen molar-refractivity contribution < 1.29 is 0 Å². The van der Waals surface area contributed by atoms with E-state index in [1.165, 1.54) is 31.2 Å². The molecule has 1 aromatic carbocycles. The van der Waals surface area contributed by atoms with Crippen LogP contribution in [0.1, 0.15) is 65.9 Å². The van der Waals surface area contributed by atoms with Gasteiger partial charge in [-0.25, -0.2) is 0 Å². The number of rotatable bonds is 5. The lowest BCUT2D eigenvalue weighted by Crippen LogP contribution is -2.56. The van der Waals surface area contributed by atoms with Crippen LogP contribution in [0.5, 0.6) is 0 Å². The molecule has 0 aliphatic heterocycles. The Bertz CT molecular complexity index is 415. The first kappa shape index (κ1) is 15.6. The molecule has 1 aliphatic rings. The van der Waals surface area contributed by atoms with Gasteiger partial charge in [0, 0.05) is 17.5 Å². The minimum atomic E-state index is 0.193. The standard InChI is InChI=1S/C19H31N/c1-6-18(7-2)13-19(14-18,15-20-17(3,4)5)16-11-9-8-10-12-16/h8-12,20H,6-7,13-15H2,1-5H3. The topological polar surface area (TPSA) is 12.0 Å². The quantitative estimate of drug-likeness (QED) is 0.803. The van der Waals surface area contributed by atoms with Crippen molar-refractivity contribution in [3.63, 3.8) is 0 Å². The van der Waals surface area contributed by atoms with Crippen LogP contribution >= 0.6 is 0 Å². The molecule has 0 atom stereocenters. The monoisotopic (exact) mass is 273 g/mol. The Morgan fingerprint density at radius 3 is 2.00 bits per heavy atom. The molecule has 0 aromatic heterocycles. The van der Waals surface area contributed by atoms with Gasteiger partial charge >= 0.3 is 0 Å². The number of nitrogens with one attached hydrogen (secondary N) is 1. The summed E-state index contributed by atoms with van der Waals surface area (Å²) in [6, 6.07) is 11.1. The van der Waals surface area contributed by atoms with Crippen LogP contribution in [0.3, 0.4) is 0 Å². The average molecular weight is 273 g/mol. The third-order valence-corrected chi connectivity index (χ3v) is 5.27. The van der Waals surface area contributed by atoms with E-state index >= 15 is 0 Å². The molecule has 112 valence electrons. The zero-order chi connectivity index (χ0) is 14.9. The van der Waals surface area contributed by atoms with Crippen molar-refractivity contribution in [3.05, 3.63) is 35.9 Å². The van der Waals surface area contributed by atoms with E-state index in [0.29, 0.717) is 10.8 Å². The summed E-state index contributed by atoms with van der Waals surface area (Å²) in [5.74, 6) is 0. The van der Waals surface area contributed by atoms with Crippen LogP contribution < -0.4 is 5.32 Å². The Kier molecular flexibility index (Phi) is 4.30. The Balaban J connectivity index is 2.19. The maximum atomic E-state index is 3.75. The fourth-order valence-corrected chi connectivity index (χ4v) is 3.79. The molecule has 1 nitrogen and oxygen atoms in total. The smallest absolute Gasteiger partial charge is 0.00968 e. The predicted molar refractivity (Wildman–Crippen MR) is 88.1 cm³/mol. The maximum absolute atomic E-state index is 3.75. The van der Waals surface area contributed by atoms with Crippen molar-refractivity contribution in [2.24, 2.45) is 5.41 Å². The first-order chi connectivity index (χ1) is 9.35. The Morgan fingerprint density at radius 2 is 1.55 bits per heavy atom. The van der Waals surface area contributed by atoms with Gasteiger partial charge in [-0.1, -0.05) is 57.0 Å². The van der Waals surface area contributed by atoms with Gasteiger partial charge in [0.25, 0.3) is 0 Å². The summed E-state index contributed by atoms with van der Waals surface area (Å²) in [5, 5.41) is 3.75. The number of benzene rings is 1. The van der Waals surface area contributed by atoms with E-state index in [4.69, 9.17) is 0 Å². The summed E-state index contributed by atoms with van der Waals surface area (Å²) >= 11 is 0. The third kappa shape index (κ3) is 3.09. The maximum Gasteiger partial charge on any atom is 0.00968 e. The molecule has 0 unspecified atom stereocenters. The van der Waals surface area contributed by atoms with E-state index in [1.807, 2.05) is 0 Å². The lowest BCUT2D eigenvalue weighted by Gasteiger charge is -2.57. The van der Waals surface area contributed by atoms with Gasteiger partial charge in [0.2, 0.25) is 0 Å². The first-order valence-electron chi connectivity index (χ1n) is 8.15. The molecule has 0 bridgehead atoms. The van der Waals surface area contributed by atoms with Crippen LogP contribution in [0.25, 0.3) is 0 Å². The minimum absolute atomic E-state index is 0.193. The Morgan fingerprint density at radius 1 is 1.00 bits per heavy atom. The first-order valence-corrected chi connectivity index (χ1v) is 8.15. The summed E-state index contributed by atoms with van der Waals surface area (Å²) < 4.78 is 0. The van der Waals surface area contributed by atoms with Crippen LogP contribution in [0.15, 0.2) is 30.3 Å². The Labute approximate surface area is 125 Å². The van der Waals surface area contributed by atoms with Gasteiger partial charge in [0.1, 0.15) is 0 Å². The lowest BCUT2D eigenvalue weighted by atomic mass is 9.48. The summed E-state index contributed by atoms with van der Waals surface area (Å²) in [5.41, 5.74) is 2.64. The van der Waals surface area contributed by atoms with Crippen molar-refractivity contribution in [2.45, 2.75) is 71.3 Å². The molecule has 0 heterocycles. The van der Waals surface area contributed by atoms with Gasteiger partial charge in [0.15, 0.2) is 0 Å². The summed E-state index contributed by atoms with van der Waals surface area (Å²) in [7, 11) is 0. The van der Waals surface area contributed by atoms with Crippen LogP contribution in [0, 0.1) is 5.41 Å². The SMILES string of the molecule is CCC1(CC)CC(CNC(C)(C)C)(c2ccccc2)C1. The molecule has 0 amide bonds. The molecule has 20 heavy (non-hydrogen) atoms. The zero-order valence-corrected chi connectivity index (χ0v) is 13.9. The second-order valence-electron chi connectivity index (χ2n) is 7.81. The second kappa shape index (κ2) is 5.52. The molecule has 1 fully saturated rings. The highest BCUT2D eigenvalue weighted by molar-refractivity contribution is 5.31. The third-order valence-electron chi connectivity index (χ3n) is 5.27. The van der Waals surface area contributed by atoms with E-state index < -0.39 is 0 Å². The fourth-order valence-electron chi connectivity index (χ4n) is 3.79. The number of hydrogen-bond acceptors (Lipinski definition) is 1. The molecule has 1 N–H and O–H groups in total. The fraction of sp³-hybridized carbons (Fsp3) is 0.684. The van der Waals surface area contributed by atoms with Crippen LogP contribution in [-0.2, 0) is 5.41 Å². The Hall–Kier alpha value is -0.820. The van der Waals surface area contributed by atoms with Crippen LogP contribution in [0.2, 0.25) is 0 Å². The molecular weight excluding hydrogens is 242 g/mol. The number of hydrogen-bond donors (Lipinski definition) is 1. The summed E-state index contributed by atoms with van der Waals surface area (Å²) in [6.45, 7) is 12.6. The highest BCUT2D eigenvalue weighted by Gasteiger charge is 2.53. The predicted octanol–water partition coefficient (Wildman–Crippen LogP) is 4.91. The van der Waals surface area contributed by atoms with Gasteiger partial charge in [-0.2, -0.15) is 0 Å². The van der Waals surface area contributed by atoms with E-state index in [2.05, 4.69) is 70.3 Å². The van der Waals surface area contributed by atoms with Gasteiger partial charge in [0.05, 0.1) is 0 Å². The summed E-state index contributed by atoms with van der Waals surface area (Å²) in [6.07, 6.45) is 5.29.